The molecule has 2 nitrogen and oxygen atoms in total. The summed E-state index contributed by atoms with van der Waals surface area (Å²) in [7, 11) is 0. The Bertz CT molecular complexity index is 434. The Labute approximate surface area is 101 Å². The number of esters is 1. The highest BCUT2D eigenvalue weighted by atomic mass is 19.1. The molecule has 0 heterocycles. The second-order valence-electron chi connectivity index (χ2n) is 5.50. The van der Waals surface area contributed by atoms with E-state index in [0.717, 1.165) is 0 Å². The summed E-state index contributed by atoms with van der Waals surface area (Å²) < 4.78 is 18.8. The molecule has 0 amide bonds. The fourth-order valence-corrected chi connectivity index (χ4v) is 1.95. The largest absolute Gasteiger partial charge is 0.460 e. The second-order valence-corrected chi connectivity index (χ2v) is 5.50. The molecule has 0 N–H and O–H groups in total. The fourth-order valence-electron chi connectivity index (χ4n) is 1.95. The highest BCUT2D eigenvalue weighted by molar-refractivity contribution is 5.77. The molecule has 0 spiro atoms. The highest BCUT2D eigenvalue weighted by Gasteiger charge is 2.47. The number of ether oxygens (including phenoxy) is 1. The van der Waals surface area contributed by atoms with Crippen LogP contribution in [0, 0.1) is 11.7 Å². The number of carbonyl (C=O) groups excluding carboxylic acids is 1. The average molecular weight is 236 g/mol. The summed E-state index contributed by atoms with van der Waals surface area (Å²) in [6, 6.07) is 6.62. The molecule has 3 heteroatoms. The van der Waals surface area contributed by atoms with E-state index in [2.05, 4.69) is 0 Å². The van der Waals surface area contributed by atoms with E-state index in [-0.39, 0.29) is 23.6 Å². The number of hydrogen-bond donors (Lipinski definition) is 0. The van der Waals surface area contributed by atoms with Gasteiger partial charge in [0.1, 0.15) is 11.4 Å². The number of carbonyl (C=O) groups is 1. The predicted molar refractivity (Wildman–Crippen MR) is 63.1 cm³/mol. The Morgan fingerprint density at radius 3 is 2.59 bits per heavy atom. The minimum absolute atomic E-state index is 0.00829. The number of hydrogen-bond acceptors (Lipinski definition) is 2. The van der Waals surface area contributed by atoms with Gasteiger partial charge in [0.25, 0.3) is 0 Å². The molecule has 0 radical (unpaired) electrons. The van der Waals surface area contributed by atoms with E-state index >= 15 is 0 Å². The van der Waals surface area contributed by atoms with Gasteiger partial charge in [0, 0.05) is 5.92 Å². The zero-order chi connectivity index (χ0) is 12.6. The maximum atomic E-state index is 13.5. The average Bonchev–Trinajstić information content (AvgIpc) is 2.95. The van der Waals surface area contributed by atoms with Crippen LogP contribution in [-0.2, 0) is 9.53 Å². The summed E-state index contributed by atoms with van der Waals surface area (Å²) in [5, 5.41) is 0. The van der Waals surface area contributed by atoms with E-state index in [1.807, 2.05) is 20.8 Å². The molecule has 1 aromatic carbocycles. The Morgan fingerprint density at radius 2 is 2.00 bits per heavy atom. The van der Waals surface area contributed by atoms with E-state index in [4.69, 9.17) is 4.74 Å². The molecule has 0 saturated heterocycles. The third kappa shape index (κ3) is 2.84. The van der Waals surface area contributed by atoms with Gasteiger partial charge in [0.05, 0.1) is 5.92 Å². The van der Waals surface area contributed by atoms with Crippen LogP contribution in [0.2, 0.25) is 0 Å². The first-order chi connectivity index (χ1) is 7.88. The summed E-state index contributed by atoms with van der Waals surface area (Å²) in [5.74, 6) is -0.633. The molecule has 1 unspecified atom stereocenters. The Morgan fingerprint density at radius 1 is 1.35 bits per heavy atom. The fraction of sp³-hybridized carbons (Fsp3) is 0.500. The van der Waals surface area contributed by atoms with Gasteiger partial charge >= 0.3 is 5.97 Å². The van der Waals surface area contributed by atoms with Crippen LogP contribution in [0.4, 0.5) is 4.39 Å². The van der Waals surface area contributed by atoms with Gasteiger partial charge in [-0.1, -0.05) is 18.2 Å². The summed E-state index contributed by atoms with van der Waals surface area (Å²) in [5.41, 5.74) is 0.155. The van der Waals surface area contributed by atoms with Crippen LogP contribution in [0.15, 0.2) is 24.3 Å². The normalized spacial score (nSPS) is 23.3. The minimum atomic E-state index is -0.473. The third-order valence-electron chi connectivity index (χ3n) is 2.80. The lowest BCUT2D eigenvalue weighted by Gasteiger charge is -2.19. The quantitative estimate of drug-likeness (QED) is 0.737. The molecule has 2 rings (SSSR count). The molecule has 0 bridgehead atoms. The van der Waals surface area contributed by atoms with E-state index in [1.54, 1.807) is 18.2 Å². The van der Waals surface area contributed by atoms with Crippen molar-refractivity contribution in [3.05, 3.63) is 35.6 Å². The first kappa shape index (κ1) is 12.1. The minimum Gasteiger partial charge on any atom is -0.460 e. The lowest BCUT2D eigenvalue weighted by atomic mass is 10.1. The standard InChI is InChI=1S/C14H17FO2/c1-14(2,3)17-13(16)11-8-10(11)9-6-4-5-7-12(9)15/h4-7,10-11H,8H2,1-3H3/t10?,11-/m1/s1. The monoisotopic (exact) mass is 236 g/mol. The second kappa shape index (κ2) is 4.13. The van der Waals surface area contributed by atoms with Crippen molar-refractivity contribution >= 4 is 5.97 Å². The molecule has 0 aliphatic heterocycles. The molecule has 0 aromatic heterocycles. The first-order valence-electron chi connectivity index (χ1n) is 5.86. The lowest BCUT2D eigenvalue weighted by molar-refractivity contribution is -0.156. The van der Waals surface area contributed by atoms with Crippen LogP contribution in [0.5, 0.6) is 0 Å². The van der Waals surface area contributed by atoms with Crippen molar-refractivity contribution in [2.45, 2.75) is 38.7 Å². The maximum absolute atomic E-state index is 13.5. The van der Waals surface area contributed by atoms with Crippen molar-refractivity contribution in [2.24, 2.45) is 5.92 Å². The van der Waals surface area contributed by atoms with Gasteiger partial charge in [0.2, 0.25) is 0 Å². The van der Waals surface area contributed by atoms with Gasteiger partial charge < -0.3 is 4.74 Å². The third-order valence-corrected chi connectivity index (χ3v) is 2.80. The molecular formula is C14H17FO2. The van der Waals surface area contributed by atoms with E-state index in [1.165, 1.54) is 6.07 Å². The molecular weight excluding hydrogens is 219 g/mol. The zero-order valence-electron chi connectivity index (χ0n) is 10.4. The molecule has 1 aliphatic rings. The molecule has 2 atom stereocenters. The van der Waals surface area contributed by atoms with Gasteiger partial charge in [-0.3, -0.25) is 4.79 Å². The van der Waals surface area contributed by atoms with Gasteiger partial charge in [-0.2, -0.15) is 0 Å². The number of rotatable bonds is 2. The van der Waals surface area contributed by atoms with Crippen molar-refractivity contribution in [3.8, 4) is 0 Å². The van der Waals surface area contributed by atoms with E-state index in [9.17, 15) is 9.18 Å². The van der Waals surface area contributed by atoms with Crippen molar-refractivity contribution in [3.63, 3.8) is 0 Å². The molecule has 1 aromatic rings. The van der Waals surface area contributed by atoms with Crippen LogP contribution in [0.1, 0.15) is 38.7 Å². The van der Waals surface area contributed by atoms with Crippen LogP contribution >= 0.6 is 0 Å². The van der Waals surface area contributed by atoms with Gasteiger partial charge in [-0.05, 0) is 38.8 Å². The van der Waals surface area contributed by atoms with Gasteiger partial charge in [-0.25, -0.2) is 4.39 Å². The maximum Gasteiger partial charge on any atom is 0.310 e. The van der Waals surface area contributed by atoms with Crippen molar-refractivity contribution in [1.29, 1.82) is 0 Å². The first-order valence-corrected chi connectivity index (χ1v) is 5.86. The summed E-state index contributed by atoms with van der Waals surface area (Å²) in [6.07, 6.45) is 0.690. The molecule has 17 heavy (non-hydrogen) atoms. The van der Waals surface area contributed by atoms with E-state index in [0.29, 0.717) is 12.0 Å². The number of benzene rings is 1. The molecule has 1 aliphatic carbocycles. The lowest BCUT2D eigenvalue weighted by Crippen LogP contribution is -2.25. The van der Waals surface area contributed by atoms with Crippen LogP contribution < -0.4 is 0 Å². The molecule has 1 saturated carbocycles. The highest BCUT2D eigenvalue weighted by Crippen LogP contribution is 2.49. The van der Waals surface area contributed by atoms with Crippen molar-refractivity contribution in [2.75, 3.05) is 0 Å². The summed E-state index contributed by atoms with van der Waals surface area (Å²) in [4.78, 5) is 11.8. The zero-order valence-corrected chi connectivity index (χ0v) is 10.4. The Balaban J connectivity index is 2.02. The molecule has 1 fully saturated rings. The van der Waals surface area contributed by atoms with Crippen molar-refractivity contribution < 1.29 is 13.9 Å². The number of halogens is 1. The van der Waals surface area contributed by atoms with Gasteiger partial charge in [-0.15, -0.1) is 0 Å². The summed E-state index contributed by atoms with van der Waals surface area (Å²) in [6.45, 7) is 5.52. The predicted octanol–water partition coefficient (Wildman–Crippen LogP) is 3.27. The Kier molecular flexibility index (Phi) is 2.94. The van der Waals surface area contributed by atoms with Crippen LogP contribution in [-0.4, -0.2) is 11.6 Å². The van der Waals surface area contributed by atoms with Crippen LogP contribution in [0.3, 0.4) is 0 Å². The van der Waals surface area contributed by atoms with Crippen molar-refractivity contribution in [1.82, 2.24) is 0 Å². The van der Waals surface area contributed by atoms with Crippen LogP contribution in [0.25, 0.3) is 0 Å². The Hall–Kier alpha value is -1.38. The van der Waals surface area contributed by atoms with Gasteiger partial charge in [0.15, 0.2) is 0 Å². The summed E-state index contributed by atoms with van der Waals surface area (Å²) >= 11 is 0. The SMILES string of the molecule is CC(C)(C)OC(=O)[C@@H]1CC1c1ccccc1F. The topological polar surface area (TPSA) is 26.3 Å². The van der Waals surface area contributed by atoms with E-state index < -0.39 is 5.60 Å². The smallest absolute Gasteiger partial charge is 0.310 e. The molecule has 92 valence electrons.